The quantitative estimate of drug-likeness (QED) is 0.564. The SMILES string of the molecule is Cc1ccc(-c2n[nH]c(=S)n2CCC(=O)NC(C)Cc2c(F)cccc2F)cc1. The van der Waals surface area contributed by atoms with E-state index >= 15 is 0 Å². The van der Waals surface area contributed by atoms with Crippen molar-refractivity contribution in [3.05, 3.63) is 70.0 Å². The van der Waals surface area contributed by atoms with E-state index in [0.29, 0.717) is 17.1 Å². The van der Waals surface area contributed by atoms with Crippen molar-refractivity contribution in [1.82, 2.24) is 20.1 Å². The molecule has 152 valence electrons. The molecule has 2 N–H and O–H groups in total. The Morgan fingerprint density at radius 1 is 1.21 bits per heavy atom. The number of aromatic nitrogens is 3. The molecule has 0 aliphatic heterocycles. The van der Waals surface area contributed by atoms with Gasteiger partial charge in [-0.1, -0.05) is 35.9 Å². The molecule has 0 saturated carbocycles. The van der Waals surface area contributed by atoms with Gasteiger partial charge in [-0.2, -0.15) is 5.10 Å². The zero-order valence-electron chi connectivity index (χ0n) is 16.2. The van der Waals surface area contributed by atoms with E-state index in [1.54, 1.807) is 11.5 Å². The highest BCUT2D eigenvalue weighted by atomic mass is 32.1. The second-order valence-corrected chi connectivity index (χ2v) is 7.38. The summed E-state index contributed by atoms with van der Waals surface area (Å²) in [5.41, 5.74) is 2.00. The van der Waals surface area contributed by atoms with Gasteiger partial charge in [-0.25, -0.2) is 8.78 Å². The van der Waals surface area contributed by atoms with Crippen molar-refractivity contribution in [2.24, 2.45) is 0 Å². The monoisotopic (exact) mass is 416 g/mol. The molecule has 2 aromatic carbocycles. The minimum Gasteiger partial charge on any atom is -0.353 e. The van der Waals surface area contributed by atoms with Crippen molar-refractivity contribution in [3.8, 4) is 11.4 Å². The molecule has 1 unspecified atom stereocenters. The van der Waals surface area contributed by atoms with E-state index in [0.717, 1.165) is 11.1 Å². The number of carbonyl (C=O) groups is 1. The maximum Gasteiger partial charge on any atom is 0.222 e. The minimum absolute atomic E-state index is 0.0287. The number of halogens is 2. The van der Waals surface area contributed by atoms with Gasteiger partial charge in [0.2, 0.25) is 5.91 Å². The van der Waals surface area contributed by atoms with Crippen LogP contribution in [0.3, 0.4) is 0 Å². The topological polar surface area (TPSA) is 62.7 Å². The maximum absolute atomic E-state index is 13.8. The van der Waals surface area contributed by atoms with Gasteiger partial charge in [0.25, 0.3) is 0 Å². The number of rotatable bonds is 7. The Bertz CT molecular complexity index is 1040. The molecule has 0 aliphatic carbocycles. The molecular weight excluding hydrogens is 394 g/mol. The zero-order valence-corrected chi connectivity index (χ0v) is 17.0. The molecule has 0 aliphatic rings. The fourth-order valence-electron chi connectivity index (χ4n) is 3.09. The van der Waals surface area contributed by atoms with E-state index < -0.39 is 17.7 Å². The van der Waals surface area contributed by atoms with Crippen LogP contribution in [0.15, 0.2) is 42.5 Å². The Labute approximate surface area is 172 Å². The molecule has 0 fully saturated rings. The number of carbonyl (C=O) groups excluding carboxylic acids is 1. The summed E-state index contributed by atoms with van der Waals surface area (Å²) in [6, 6.07) is 11.2. The van der Waals surface area contributed by atoms with Crippen molar-refractivity contribution in [1.29, 1.82) is 0 Å². The molecule has 0 radical (unpaired) electrons. The standard InChI is InChI=1S/C21H22F2N4OS/c1-13-6-8-15(9-7-13)20-25-26-21(29)27(20)11-10-19(28)24-14(2)12-16-17(22)4-3-5-18(16)23/h3-9,14H,10-12H2,1-2H3,(H,24,28)(H,26,29). The predicted octanol–water partition coefficient (Wildman–Crippen LogP) is 4.33. The van der Waals surface area contributed by atoms with Crippen molar-refractivity contribution >= 4 is 18.1 Å². The molecule has 1 atom stereocenters. The molecule has 0 saturated heterocycles. The molecule has 0 spiro atoms. The molecule has 0 bridgehead atoms. The van der Waals surface area contributed by atoms with E-state index in [4.69, 9.17) is 12.2 Å². The molecule has 3 rings (SSSR count). The summed E-state index contributed by atoms with van der Waals surface area (Å²) in [7, 11) is 0. The van der Waals surface area contributed by atoms with Crippen LogP contribution in [0.1, 0.15) is 24.5 Å². The number of hydrogen-bond donors (Lipinski definition) is 2. The van der Waals surface area contributed by atoms with Gasteiger partial charge in [0.05, 0.1) is 0 Å². The molecule has 8 heteroatoms. The number of H-pyrrole nitrogens is 1. The summed E-state index contributed by atoms with van der Waals surface area (Å²) in [5.74, 6) is -0.798. The number of aromatic amines is 1. The number of hydrogen-bond acceptors (Lipinski definition) is 3. The molecule has 1 aromatic heterocycles. The molecule has 1 amide bonds. The number of aryl methyl sites for hydroxylation is 1. The highest BCUT2D eigenvalue weighted by Crippen LogP contribution is 2.18. The van der Waals surface area contributed by atoms with Crippen molar-refractivity contribution in [3.63, 3.8) is 0 Å². The lowest BCUT2D eigenvalue weighted by Crippen LogP contribution is -2.35. The van der Waals surface area contributed by atoms with Crippen LogP contribution in [0.4, 0.5) is 8.78 Å². The van der Waals surface area contributed by atoms with Crippen molar-refractivity contribution < 1.29 is 13.6 Å². The first-order chi connectivity index (χ1) is 13.8. The Kier molecular flexibility index (Phi) is 6.53. The van der Waals surface area contributed by atoms with E-state index in [1.165, 1.54) is 18.2 Å². The van der Waals surface area contributed by atoms with Crippen LogP contribution in [0.5, 0.6) is 0 Å². The molecule has 29 heavy (non-hydrogen) atoms. The van der Waals surface area contributed by atoms with Crippen LogP contribution in [-0.4, -0.2) is 26.7 Å². The molecule has 5 nitrogen and oxygen atoms in total. The van der Waals surface area contributed by atoms with Crippen LogP contribution in [-0.2, 0) is 17.8 Å². The number of nitrogens with zero attached hydrogens (tertiary/aromatic N) is 2. The van der Waals surface area contributed by atoms with Gasteiger partial charge in [0.1, 0.15) is 11.6 Å². The van der Waals surface area contributed by atoms with E-state index in [2.05, 4.69) is 15.5 Å². The highest BCUT2D eigenvalue weighted by molar-refractivity contribution is 7.71. The third kappa shape index (κ3) is 5.14. The normalized spacial score (nSPS) is 12.0. The first-order valence-electron chi connectivity index (χ1n) is 9.29. The largest absolute Gasteiger partial charge is 0.353 e. The summed E-state index contributed by atoms with van der Waals surface area (Å²) in [5, 5.41) is 9.80. The third-order valence-electron chi connectivity index (χ3n) is 4.61. The minimum atomic E-state index is -0.612. The second-order valence-electron chi connectivity index (χ2n) is 6.99. The van der Waals surface area contributed by atoms with Gasteiger partial charge in [0.15, 0.2) is 10.6 Å². The first-order valence-corrected chi connectivity index (χ1v) is 9.70. The summed E-state index contributed by atoms with van der Waals surface area (Å²) in [6.45, 7) is 4.05. The van der Waals surface area contributed by atoms with E-state index in [9.17, 15) is 13.6 Å². The summed E-state index contributed by atoms with van der Waals surface area (Å²) >= 11 is 5.28. The fraction of sp³-hybridized carbons (Fsp3) is 0.286. The summed E-state index contributed by atoms with van der Waals surface area (Å²) in [6.07, 6.45) is 0.237. The molecule has 1 heterocycles. The average molecular weight is 416 g/mol. The smallest absolute Gasteiger partial charge is 0.222 e. The number of amides is 1. The lowest BCUT2D eigenvalue weighted by molar-refractivity contribution is -0.121. The summed E-state index contributed by atoms with van der Waals surface area (Å²) < 4.78 is 29.7. The average Bonchev–Trinajstić information content (AvgIpc) is 3.04. The Morgan fingerprint density at radius 2 is 1.86 bits per heavy atom. The van der Waals surface area contributed by atoms with Gasteiger partial charge in [-0.15, -0.1) is 0 Å². The van der Waals surface area contributed by atoms with Crippen LogP contribution < -0.4 is 5.32 Å². The molecule has 3 aromatic rings. The molecular formula is C21H22F2N4OS. The Balaban J connectivity index is 1.62. The summed E-state index contributed by atoms with van der Waals surface area (Å²) in [4.78, 5) is 12.3. The predicted molar refractivity (Wildman–Crippen MR) is 110 cm³/mol. The second kappa shape index (κ2) is 9.09. The van der Waals surface area contributed by atoms with Crippen LogP contribution in [0.25, 0.3) is 11.4 Å². The number of nitrogens with one attached hydrogen (secondary N) is 2. The van der Waals surface area contributed by atoms with Gasteiger partial charge < -0.3 is 5.32 Å². The van der Waals surface area contributed by atoms with Gasteiger partial charge >= 0.3 is 0 Å². The Morgan fingerprint density at radius 3 is 2.52 bits per heavy atom. The van der Waals surface area contributed by atoms with Crippen molar-refractivity contribution in [2.45, 2.75) is 39.3 Å². The van der Waals surface area contributed by atoms with Gasteiger partial charge in [0, 0.05) is 30.1 Å². The van der Waals surface area contributed by atoms with E-state index in [-0.39, 0.29) is 24.3 Å². The van der Waals surface area contributed by atoms with Gasteiger partial charge in [-0.05, 0) is 44.6 Å². The lowest BCUT2D eigenvalue weighted by atomic mass is 10.1. The first kappa shape index (κ1) is 20.9. The van der Waals surface area contributed by atoms with Crippen LogP contribution in [0.2, 0.25) is 0 Å². The Hall–Kier alpha value is -2.87. The number of benzene rings is 2. The van der Waals surface area contributed by atoms with E-state index in [1.807, 2.05) is 31.2 Å². The third-order valence-corrected chi connectivity index (χ3v) is 4.92. The van der Waals surface area contributed by atoms with Gasteiger partial charge in [-0.3, -0.25) is 14.5 Å². The van der Waals surface area contributed by atoms with Crippen molar-refractivity contribution in [2.75, 3.05) is 0 Å². The fourth-order valence-corrected chi connectivity index (χ4v) is 3.32. The van der Waals surface area contributed by atoms with Crippen LogP contribution in [0, 0.1) is 23.3 Å². The zero-order chi connectivity index (χ0) is 21.0. The maximum atomic E-state index is 13.8. The highest BCUT2D eigenvalue weighted by Gasteiger charge is 2.15. The lowest BCUT2D eigenvalue weighted by Gasteiger charge is -2.15. The van der Waals surface area contributed by atoms with Crippen LogP contribution >= 0.6 is 12.2 Å².